The van der Waals surface area contributed by atoms with Gasteiger partial charge in [-0.25, -0.2) is 0 Å². The molecule has 0 aliphatic carbocycles. The molecule has 2 aromatic rings. The lowest BCUT2D eigenvalue weighted by Crippen LogP contribution is -2.30. The molecule has 5 heteroatoms. The van der Waals surface area contributed by atoms with Crippen molar-refractivity contribution in [2.75, 3.05) is 0 Å². The van der Waals surface area contributed by atoms with Crippen LogP contribution in [0.4, 0.5) is 0 Å². The van der Waals surface area contributed by atoms with Crippen LogP contribution >= 0.6 is 0 Å². The Morgan fingerprint density at radius 1 is 1.36 bits per heavy atom. The Morgan fingerprint density at radius 2 is 2.07 bits per heavy atom. The van der Waals surface area contributed by atoms with Crippen LogP contribution in [0.3, 0.4) is 0 Å². The van der Waals surface area contributed by atoms with Crippen LogP contribution in [0, 0.1) is 6.92 Å². The van der Waals surface area contributed by atoms with E-state index in [9.17, 15) is 10.0 Å². The summed E-state index contributed by atoms with van der Waals surface area (Å²) >= 11 is 0. The highest BCUT2D eigenvalue weighted by Crippen LogP contribution is 2.14. The maximum atomic E-state index is 9.17. The number of aromatic nitrogens is 2. The van der Waals surface area contributed by atoms with Gasteiger partial charge in [0.15, 0.2) is 0 Å². The number of nitrogens with zero attached hydrogens (tertiary/aromatic N) is 2. The second-order valence-corrected chi connectivity index (χ2v) is 3.32. The summed E-state index contributed by atoms with van der Waals surface area (Å²) in [7, 11) is 0.393. The average Bonchev–Trinajstić information content (AvgIpc) is 2.43. The Bertz CT molecular complexity index is 479. The fourth-order valence-corrected chi connectivity index (χ4v) is 1.65. The van der Waals surface area contributed by atoms with E-state index in [2.05, 4.69) is 5.10 Å². The minimum absolute atomic E-state index is 0.508. The molecular weight excluding hydrogens is 179 g/mol. The molecule has 1 aromatic heterocycles. The van der Waals surface area contributed by atoms with Crippen molar-refractivity contribution < 1.29 is 10.0 Å². The molecule has 0 unspecified atom stereocenters. The molecule has 2 rings (SSSR count). The van der Waals surface area contributed by atoms with Gasteiger partial charge in [0.05, 0.1) is 5.52 Å². The van der Waals surface area contributed by atoms with E-state index in [1.807, 2.05) is 20.0 Å². The van der Waals surface area contributed by atoms with E-state index in [1.165, 1.54) is 0 Å². The van der Waals surface area contributed by atoms with Crippen LogP contribution in [-0.4, -0.2) is 26.9 Å². The van der Waals surface area contributed by atoms with E-state index in [0.29, 0.717) is 5.46 Å². The van der Waals surface area contributed by atoms with E-state index in [1.54, 1.807) is 16.8 Å². The van der Waals surface area contributed by atoms with Gasteiger partial charge in [-0.15, -0.1) is 0 Å². The highest BCUT2D eigenvalue weighted by molar-refractivity contribution is 6.62. The van der Waals surface area contributed by atoms with E-state index in [0.717, 1.165) is 16.6 Å². The van der Waals surface area contributed by atoms with Gasteiger partial charge < -0.3 is 10.0 Å². The van der Waals surface area contributed by atoms with Crippen molar-refractivity contribution in [1.82, 2.24) is 9.78 Å². The smallest absolute Gasteiger partial charge is 0.423 e. The van der Waals surface area contributed by atoms with Crippen molar-refractivity contribution in [3.8, 4) is 0 Å². The van der Waals surface area contributed by atoms with Crippen molar-refractivity contribution in [2.24, 2.45) is 7.05 Å². The predicted molar refractivity (Wildman–Crippen MR) is 55.3 cm³/mol. The van der Waals surface area contributed by atoms with Gasteiger partial charge >= 0.3 is 7.12 Å². The highest BCUT2D eigenvalue weighted by atomic mass is 16.4. The minimum atomic E-state index is -1.44. The lowest BCUT2D eigenvalue weighted by molar-refractivity contribution is 0.426. The quantitative estimate of drug-likeness (QED) is 0.599. The first-order chi connectivity index (χ1) is 6.61. The van der Waals surface area contributed by atoms with E-state index >= 15 is 0 Å². The van der Waals surface area contributed by atoms with Crippen molar-refractivity contribution in [1.29, 1.82) is 0 Å². The number of fused-ring (bicyclic) bond motifs is 1. The Balaban J connectivity index is 2.84. The molecule has 0 radical (unpaired) electrons. The molecule has 0 fully saturated rings. The van der Waals surface area contributed by atoms with Crippen LogP contribution in [-0.2, 0) is 7.05 Å². The molecule has 4 nitrogen and oxygen atoms in total. The Hall–Kier alpha value is -1.33. The standard InChI is InChI=1S/C9H11BN2O2/c1-6-9-7(10(13)14)4-3-5-8(9)11-12(6)2/h3-5,13-14H,1-2H3. The predicted octanol–water partition coefficient (Wildman–Crippen LogP) is -0.438. The molecule has 0 aliphatic heterocycles. The topological polar surface area (TPSA) is 58.3 Å². The second kappa shape index (κ2) is 3.11. The summed E-state index contributed by atoms with van der Waals surface area (Å²) in [5, 5.41) is 23.4. The zero-order valence-electron chi connectivity index (χ0n) is 8.10. The minimum Gasteiger partial charge on any atom is -0.423 e. The molecule has 1 aromatic carbocycles. The van der Waals surface area contributed by atoms with Crippen LogP contribution in [0.15, 0.2) is 18.2 Å². The van der Waals surface area contributed by atoms with Crippen molar-refractivity contribution in [3.05, 3.63) is 23.9 Å². The lowest BCUT2D eigenvalue weighted by atomic mass is 9.77. The zero-order chi connectivity index (χ0) is 10.3. The third-order valence-electron chi connectivity index (χ3n) is 2.46. The fraction of sp³-hybridized carbons (Fsp3) is 0.222. The summed E-state index contributed by atoms with van der Waals surface area (Å²) < 4.78 is 1.73. The average molecular weight is 190 g/mol. The number of hydrogen-bond acceptors (Lipinski definition) is 3. The largest absolute Gasteiger partial charge is 0.489 e. The molecule has 14 heavy (non-hydrogen) atoms. The van der Waals surface area contributed by atoms with Gasteiger partial charge in [0.1, 0.15) is 0 Å². The van der Waals surface area contributed by atoms with Crippen LogP contribution < -0.4 is 5.46 Å². The van der Waals surface area contributed by atoms with Gasteiger partial charge in [-0.2, -0.15) is 5.10 Å². The number of benzene rings is 1. The number of aryl methyl sites for hydroxylation is 2. The van der Waals surface area contributed by atoms with E-state index in [4.69, 9.17) is 0 Å². The van der Waals surface area contributed by atoms with Crippen LogP contribution in [0.2, 0.25) is 0 Å². The van der Waals surface area contributed by atoms with Crippen molar-refractivity contribution >= 4 is 23.5 Å². The molecule has 1 heterocycles. The van der Waals surface area contributed by atoms with E-state index in [-0.39, 0.29) is 0 Å². The summed E-state index contributed by atoms with van der Waals surface area (Å²) in [4.78, 5) is 0. The normalized spacial score (nSPS) is 10.9. The van der Waals surface area contributed by atoms with Gasteiger partial charge in [-0.1, -0.05) is 12.1 Å². The van der Waals surface area contributed by atoms with Gasteiger partial charge in [0.2, 0.25) is 0 Å². The van der Waals surface area contributed by atoms with Crippen molar-refractivity contribution in [3.63, 3.8) is 0 Å². The SMILES string of the molecule is Cc1c2c(B(O)O)cccc2nn1C. The summed E-state index contributed by atoms with van der Waals surface area (Å²) in [6, 6.07) is 5.32. The molecule has 0 bridgehead atoms. The lowest BCUT2D eigenvalue weighted by Gasteiger charge is -2.01. The zero-order valence-corrected chi connectivity index (χ0v) is 8.10. The van der Waals surface area contributed by atoms with Crippen LogP contribution in [0.1, 0.15) is 5.69 Å². The van der Waals surface area contributed by atoms with Gasteiger partial charge in [-0.3, -0.25) is 4.68 Å². The summed E-state index contributed by atoms with van der Waals surface area (Å²) in [6.07, 6.45) is 0. The first kappa shape index (κ1) is 9.24. The molecule has 2 N–H and O–H groups in total. The third kappa shape index (κ3) is 1.22. The van der Waals surface area contributed by atoms with E-state index < -0.39 is 7.12 Å². The molecular formula is C9H11BN2O2. The van der Waals surface area contributed by atoms with Gasteiger partial charge in [-0.05, 0) is 18.5 Å². The summed E-state index contributed by atoms with van der Waals surface area (Å²) in [5.41, 5.74) is 2.23. The molecule has 0 amide bonds. The van der Waals surface area contributed by atoms with Crippen molar-refractivity contribution in [2.45, 2.75) is 6.92 Å². The molecule has 0 atom stereocenters. The van der Waals surface area contributed by atoms with Crippen LogP contribution in [0.25, 0.3) is 10.9 Å². The highest BCUT2D eigenvalue weighted by Gasteiger charge is 2.17. The molecule has 0 saturated carbocycles. The Labute approximate surface area is 81.9 Å². The number of rotatable bonds is 1. The maximum absolute atomic E-state index is 9.17. The fourth-order valence-electron chi connectivity index (χ4n) is 1.65. The first-order valence-electron chi connectivity index (χ1n) is 4.39. The summed E-state index contributed by atoms with van der Waals surface area (Å²) in [6.45, 7) is 1.90. The first-order valence-corrected chi connectivity index (χ1v) is 4.39. The van der Waals surface area contributed by atoms with Gasteiger partial charge in [0, 0.05) is 18.1 Å². The molecule has 72 valence electrons. The molecule has 0 aliphatic rings. The second-order valence-electron chi connectivity index (χ2n) is 3.32. The molecule has 0 saturated heterocycles. The van der Waals surface area contributed by atoms with Crippen LogP contribution in [0.5, 0.6) is 0 Å². The summed E-state index contributed by atoms with van der Waals surface area (Å²) in [5.74, 6) is 0. The third-order valence-corrected chi connectivity index (χ3v) is 2.46. The monoisotopic (exact) mass is 190 g/mol. The van der Waals surface area contributed by atoms with Gasteiger partial charge in [0.25, 0.3) is 0 Å². The molecule has 0 spiro atoms. The number of hydrogen-bond donors (Lipinski definition) is 2. The Morgan fingerprint density at radius 3 is 2.71 bits per heavy atom. The Kier molecular flexibility index (Phi) is 2.05. The maximum Gasteiger partial charge on any atom is 0.489 e.